The molecule has 9 heteroatoms. The molecule has 0 N–H and O–H groups in total. The van der Waals surface area contributed by atoms with Crippen LogP contribution in [0.3, 0.4) is 0 Å². The van der Waals surface area contributed by atoms with Crippen LogP contribution in [0.25, 0.3) is 10.3 Å². The van der Waals surface area contributed by atoms with E-state index in [-0.39, 0.29) is 16.1 Å². The zero-order valence-corrected chi connectivity index (χ0v) is 18.6. The lowest BCUT2D eigenvalue weighted by molar-refractivity contribution is 0.100. The lowest BCUT2D eigenvalue weighted by atomic mass is 10.1. The molecule has 0 fully saturated rings. The number of rotatable bonds is 4. The van der Waals surface area contributed by atoms with E-state index in [9.17, 15) is 18.0 Å². The van der Waals surface area contributed by atoms with E-state index in [1.807, 2.05) is 6.92 Å². The van der Waals surface area contributed by atoms with Gasteiger partial charge in [-0.2, -0.15) is 4.31 Å². The predicted molar refractivity (Wildman–Crippen MR) is 119 cm³/mol. The van der Waals surface area contributed by atoms with Crippen molar-refractivity contribution < 1.29 is 17.6 Å². The number of carbonyl (C=O) groups is 1. The van der Waals surface area contributed by atoms with E-state index >= 15 is 0 Å². The van der Waals surface area contributed by atoms with Crippen molar-refractivity contribution in [3.63, 3.8) is 0 Å². The lowest BCUT2D eigenvalue weighted by Crippen LogP contribution is -2.37. The molecule has 0 aliphatic heterocycles. The molecule has 0 saturated heterocycles. The van der Waals surface area contributed by atoms with Crippen LogP contribution in [0, 0.1) is 20.8 Å². The molecule has 0 saturated carbocycles. The van der Waals surface area contributed by atoms with Crippen LogP contribution in [-0.4, -0.2) is 19.3 Å². The molecule has 31 heavy (non-hydrogen) atoms. The number of nitrogens with zero attached hydrogens (tertiary/aromatic N) is 2. The summed E-state index contributed by atoms with van der Waals surface area (Å²) >= 11 is 0.839. The first-order chi connectivity index (χ1) is 14.7. The number of carbonyl (C=O) groups excluding carboxylic acids is 1. The van der Waals surface area contributed by atoms with Crippen LogP contribution in [0.4, 0.5) is 5.69 Å². The Labute approximate surface area is 182 Å². The predicted octanol–water partition coefficient (Wildman–Crippen LogP) is 4.21. The monoisotopic (exact) mass is 454 g/mol. The van der Waals surface area contributed by atoms with E-state index in [2.05, 4.69) is 4.98 Å². The van der Waals surface area contributed by atoms with Gasteiger partial charge in [0.05, 0.1) is 20.8 Å². The fourth-order valence-electron chi connectivity index (χ4n) is 3.62. The smallest absolute Gasteiger partial charge is 0.396 e. The minimum absolute atomic E-state index is 0.0656. The van der Waals surface area contributed by atoms with Gasteiger partial charge in [0.1, 0.15) is 5.58 Å². The van der Waals surface area contributed by atoms with Gasteiger partial charge in [0.15, 0.2) is 0 Å². The number of fused-ring (bicyclic) bond motifs is 1. The second-order valence-electron chi connectivity index (χ2n) is 7.13. The SMILES string of the molecule is Cc1cc(C)c(S(=O)(=O)N(C(=O)c2cccnc2)c2ccc3oc(=O)sc3c2)c(C)c1. The highest BCUT2D eigenvalue weighted by Crippen LogP contribution is 2.32. The molecule has 2 heterocycles. The molecule has 0 aliphatic rings. The van der Waals surface area contributed by atoms with Crippen LogP contribution in [-0.2, 0) is 10.0 Å². The molecule has 0 radical (unpaired) electrons. The van der Waals surface area contributed by atoms with Crippen molar-refractivity contribution in [1.29, 1.82) is 0 Å². The first-order valence-electron chi connectivity index (χ1n) is 9.30. The van der Waals surface area contributed by atoms with E-state index in [1.165, 1.54) is 36.7 Å². The number of hydrogen-bond acceptors (Lipinski definition) is 7. The van der Waals surface area contributed by atoms with Gasteiger partial charge in [-0.3, -0.25) is 9.78 Å². The summed E-state index contributed by atoms with van der Waals surface area (Å²) in [6, 6.07) is 11.0. The van der Waals surface area contributed by atoms with Gasteiger partial charge in [0, 0.05) is 12.4 Å². The number of pyridine rings is 1. The quantitative estimate of drug-likeness (QED) is 0.458. The van der Waals surface area contributed by atoms with E-state index in [0.29, 0.717) is 21.4 Å². The van der Waals surface area contributed by atoms with E-state index in [4.69, 9.17) is 4.42 Å². The summed E-state index contributed by atoms with van der Waals surface area (Å²) in [5.74, 6) is -0.748. The maximum absolute atomic E-state index is 13.8. The minimum Gasteiger partial charge on any atom is -0.414 e. The van der Waals surface area contributed by atoms with Crippen LogP contribution >= 0.6 is 11.3 Å². The standard InChI is InChI=1S/C22H18N2O5S2/c1-13-9-14(2)20(15(3)10-13)31(27,28)24(21(25)16-5-4-8-23-12-16)17-6-7-18-19(11-17)30-22(26)29-18/h4-12H,1-3H3. The normalized spacial score (nSPS) is 11.6. The van der Waals surface area contributed by atoms with Crippen LogP contribution < -0.4 is 9.24 Å². The van der Waals surface area contributed by atoms with E-state index < -0.39 is 20.9 Å². The van der Waals surface area contributed by atoms with Crippen LogP contribution in [0.15, 0.2) is 69.0 Å². The molecule has 2 aromatic carbocycles. The largest absolute Gasteiger partial charge is 0.414 e. The van der Waals surface area contributed by atoms with Gasteiger partial charge in [-0.1, -0.05) is 29.0 Å². The van der Waals surface area contributed by atoms with Crippen molar-refractivity contribution in [3.05, 3.63) is 86.8 Å². The Bertz CT molecular complexity index is 1450. The number of aromatic nitrogens is 1. The average molecular weight is 455 g/mol. The number of aryl methyl sites for hydroxylation is 3. The fraction of sp³-hybridized carbons (Fsp3) is 0.136. The van der Waals surface area contributed by atoms with Crippen molar-refractivity contribution >= 4 is 43.2 Å². The Morgan fingerprint density at radius 3 is 2.42 bits per heavy atom. The molecule has 4 rings (SSSR count). The maximum atomic E-state index is 13.8. The second kappa shape index (κ2) is 7.75. The Morgan fingerprint density at radius 2 is 1.77 bits per heavy atom. The molecule has 0 spiro atoms. The molecule has 4 aromatic rings. The van der Waals surface area contributed by atoms with Crippen LogP contribution in [0.1, 0.15) is 27.0 Å². The molecular formula is C22H18N2O5S2. The zero-order valence-electron chi connectivity index (χ0n) is 16.9. The Balaban J connectivity index is 1.98. The third-order valence-electron chi connectivity index (χ3n) is 4.74. The van der Waals surface area contributed by atoms with E-state index in [0.717, 1.165) is 21.2 Å². The summed E-state index contributed by atoms with van der Waals surface area (Å²) in [7, 11) is -4.29. The zero-order chi connectivity index (χ0) is 22.3. The summed E-state index contributed by atoms with van der Waals surface area (Å²) in [4.78, 5) is 28.5. The highest BCUT2D eigenvalue weighted by molar-refractivity contribution is 7.93. The molecule has 2 aromatic heterocycles. The first-order valence-corrected chi connectivity index (χ1v) is 11.6. The molecule has 0 bridgehead atoms. The van der Waals surface area contributed by atoms with Gasteiger partial charge >= 0.3 is 4.94 Å². The van der Waals surface area contributed by atoms with Crippen LogP contribution in [0.5, 0.6) is 0 Å². The van der Waals surface area contributed by atoms with Crippen LogP contribution in [0.2, 0.25) is 0 Å². The molecule has 0 unspecified atom stereocenters. The third kappa shape index (κ3) is 3.77. The van der Waals surface area contributed by atoms with Crippen molar-refractivity contribution in [2.24, 2.45) is 0 Å². The third-order valence-corrected chi connectivity index (χ3v) is 7.55. The summed E-state index contributed by atoms with van der Waals surface area (Å²) in [6.07, 6.45) is 2.81. The molecule has 0 aliphatic carbocycles. The first kappa shape index (κ1) is 21.0. The summed E-state index contributed by atoms with van der Waals surface area (Å²) in [6.45, 7) is 5.28. The van der Waals surface area contributed by atoms with Gasteiger partial charge in [-0.05, 0) is 62.2 Å². The molecule has 158 valence electrons. The number of benzene rings is 2. The molecular weight excluding hydrogens is 436 g/mol. The topological polar surface area (TPSA) is 97.6 Å². The summed E-state index contributed by atoms with van der Waals surface area (Å²) in [5, 5.41) is 0. The number of hydrogen-bond donors (Lipinski definition) is 0. The molecule has 7 nitrogen and oxygen atoms in total. The van der Waals surface area contributed by atoms with Gasteiger partial charge < -0.3 is 4.42 Å². The number of sulfonamides is 1. The number of amides is 1. The summed E-state index contributed by atoms with van der Waals surface area (Å²) < 4.78 is 34.0. The maximum Gasteiger partial charge on any atom is 0.396 e. The second-order valence-corrected chi connectivity index (χ2v) is 9.83. The highest BCUT2D eigenvalue weighted by Gasteiger charge is 2.34. The van der Waals surface area contributed by atoms with Crippen molar-refractivity contribution in [2.45, 2.75) is 25.7 Å². The van der Waals surface area contributed by atoms with Gasteiger partial charge in [0.25, 0.3) is 15.9 Å². The number of anilines is 1. The van der Waals surface area contributed by atoms with Gasteiger partial charge in [-0.25, -0.2) is 13.2 Å². The van der Waals surface area contributed by atoms with E-state index in [1.54, 1.807) is 32.0 Å². The molecule has 0 atom stereocenters. The molecule has 1 amide bonds. The van der Waals surface area contributed by atoms with Crippen molar-refractivity contribution in [3.8, 4) is 0 Å². The highest BCUT2D eigenvalue weighted by atomic mass is 32.2. The Hall–Kier alpha value is -3.30. The minimum atomic E-state index is -4.29. The van der Waals surface area contributed by atoms with Crippen molar-refractivity contribution in [2.75, 3.05) is 4.31 Å². The Morgan fingerprint density at radius 1 is 1.06 bits per heavy atom. The van der Waals surface area contributed by atoms with Crippen molar-refractivity contribution in [1.82, 2.24) is 4.98 Å². The average Bonchev–Trinajstić information content (AvgIpc) is 3.06. The Kier molecular flexibility index (Phi) is 5.24. The van der Waals surface area contributed by atoms with Gasteiger partial charge in [0.2, 0.25) is 0 Å². The fourth-order valence-corrected chi connectivity index (χ4v) is 6.15. The summed E-state index contributed by atoms with van der Waals surface area (Å²) in [5.41, 5.74) is 2.55. The lowest BCUT2D eigenvalue weighted by Gasteiger charge is -2.24. The van der Waals surface area contributed by atoms with Gasteiger partial charge in [-0.15, -0.1) is 0 Å².